The summed E-state index contributed by atoms with van der Waals surface area (Å²) >= 11 is -1.95. The van der Waals surface area contributed by atoms with Crippen LogP contribution in [0.3, 0.4) is 0 Å². The Morgan fingerprint density at radius 2 is 2.18 bits per heavy atom. The molecule has 0 aromatic rings. The van der Waals surface area contributed by atoms with E-state index in [0.29, 0.717) is 6.54 Å². The van der Waals surface area contributed by atoms with Crippen LogP contribution in [0.15, 0.2) is 0 Å². The predicted octanol–water partition coefficient (Wildman–Crippen LogP) is 0.216. The third-order valence-corrected chi connectivity index (χ3v) is 1.94. The average molecular weight is 181 g/mol. The third kappa shape index (κ3) is 5.32. The van der Waals surface area contributed by atoms with E-state index in [0.717, 1.165) is 6.42 Å². The summed E-state index contributed by atoms with van der Waals surface area (Å²) in [5.74, 6) is 0. The first kappa shape index (κ1) is 11.0. The highest BCUT2D eigenvalue weighted by Crippen LogP contribution is 1.96. The van der Waals surface area contributed by atoms with Crippen molar-refractivity contribution < 1.29 is 13.9 Å². The van der Waals surface area contributed by atoms with Crippen LogP contribution >= 0.6 is 0 Å². The molecule has 2 N–H and O–H groups in total. The highest BCUT2D eigenvalue weighted by Gasteiger charge is 2.11. The topological polar surface area (TPSA) is 60.8 Å². The Labute approximate surface area is 69.6 Å². The molecular weight excluding hydrogens is 166 g/mol. The lowest BCUT2D eigenvalue weighted by Gasteiger charge is -2.17. The van der Waals surface area contributed by atoms with Crippen molar-refractivity contribution in [1.82, 2.24) is 4.31 Å². The lowest BCUT2D eigenvalue weighted by molar-refractivity contribution is 0.162. The minimum atomic E-state index is -1.95. The summed E-state index contributed by atoms with van der Waals surface area (Å²) in [5, 5.41) is 8.91. The van der Waals surface area contributed by atoms with Crippen LogP contribution in [-0.2, 0) is 11.3 Å². The standard InChI is InChI=1S/C6H15NO3S/c1-3-4-7(11(9)10)5-6(2)8/h6,8H,3-5H2,1-2H3,(H,9,10). The summed E-state index contributed by atoms with van der Waals surface area (Å²) in [6, 6.07) is 0. The van der Waals surface area contributed by atoms with Crippen molar-refractivity contribution in [2.45, 2.75) is 26.4 Å². The fraction of sp³-hybridized carbons (Fsp3) is 1.00. The van der Waals surface area contributed by atoms with Gasteiger partial charge in [0.2, 0.25) is 11.3 Å². The Morgan fingerprint density at radius 1 is 1.64 bits per heavy atom. The minimum absolute atomic E-state index is 0.247. The third-order valence-electron chi connectivity index (χ3n) is 1.16. The molecule has 0 amide bonds. The lowest BCUT2D eigenvalue weighted by atomic mass is 10.4. The summed E-state index contributed by atoms with van der Waals surface area (Å²) < 4.78 is 20.6. The average Bonchev–Trinajstić information content (AvgIpc) is 1.86. The largest absolute Gasteiger partial charge is 0.392 e. The van der Waals surface area contributed by atoms with Gasteiger partial charge in [0.05, 0.1) is 6.10 Å². The van der Waals surface area contributed by atoms with Crippen molar-refractivity contribution >= 4 is 11.3 Å². The smallest absolute Gasteiger partial charge is 0.234 e. The van der Waals surface area contributed by atoms with Crippen LogP contribution in [0.4, 0.5) is 0 Å². The number of hydrogen-bond acceptors (Lipinski definition) is 2. The van der Waals surface area contributed by atoms with Crippen molar-refractivity contribution in [2.24, 2.45) is 0 Å². The quantitative estimate of drug-likeness (QED) is 0.596. The molecule has 0 aromatic carbocycles. The molecule has 0 fully saturated rings. The van der Waals surface area contributed by atoms with Gasteiger partial charge in [-0.1, -0.05) is 6.92 Å². The Morgan fingerprint density at radius 3 is 2.45 bits per heavy atom. The van der Waals surface area contributed by atoms with E-state index in [2.05, 4.69) is 0 Å². The molecule has 0 radical (unpaired) electrons. The molecule has 11 heavy (non-hydrogen) atoms. The molecule has 0 spiro atoms. The molecule has 0 bridgehead atoms. The van der Waals surface area contributed by atoms with Gasteiger partial charge >= 0.3 is 0 Å². The normalized spacial score (nSPS) is 16.8. The minimum Gasteiger partial charge on any atom is -0.392 e. The highest BCUT2D eigenvalue weighted by atomic mass is 32.2. The van der Waals surface area contributed by atoms with Crippen molar-refractivity contribution in [3.05, 3.63) is 0 Å². The molecule has 0 aliphatic rings. The van der Waals surface area contributed by atoms with Crippen molar-refractivity contribution in [3.63, 3.8) is 0 Å². The number of nitrogens with zero attached hydrogens (tertiary/aromatic N) is 1. The number of aliphatic hydroxyl groups excluding tert-OH is 1. The molecule has 0 saturated heterocycles. The molecule has 0 saturated carbocycles. The zero-order valence-corrected chi connectivity index (χ0v) is 7.67. The van der Waals surface area contributed by atoms with Gasteiger partial charge in [-0.3, -0.25) is 4.55 Å². The highest BCUT2D eigenvalue weighted by molar-refractivity contribution is 7.76. The summed E-state index contributed by atoms with van der Waals surface area (Å²) in [7, 11) is 0. The van der Waals surface area contributed by atoms with Gasteiger partial charge in [-0.05, 0) is 13.3 Å². The van der Waals surface area contributed by atoms with Crippen molar-refractivity contribution in [2.75, 3.05) is 13.1 Å². The van der Waals surface area contributed by atoms with E-state index in [1.807, 2.05) is 6.92 Å². The van der Waals surface area contributed by atoms with Crippen LogP contribution in [-0.4, -0.2) is 37.4 Å². The molecule has 0 heterocycles. The van der Waals surface area contributed by atoms with E-state index in [4.69, 9.17) is 9.66 Å². The van der Waals surface area contributed by atoms with Crippen LogP contribution in [0, 0.1) is 0 Å². The van der Waals surface area contributed by atoms with Gasteiger partial charge < -0.3 is 5.11 Å². The first-order chi connectivity index (χ1) is 5.07. The summed E-state index contributed by atoms with van der Waals surface area (Å²) in [5.41, 5.74) is 0. The molecule has 4 nitrogen and oxygen atoms in total. The SMILES string of the molecule is CCCN(CC(C)O)S(=O)O. The maximum absolute atomic E-state index is 10.6. The monoisotopic (exact) mass is 181 g/mol. The van der Waals surface area contributed by atoms with Gasteiger partial charge in [0.25, 0.3) is 0 Å². The molecular formula is C6H15NO3S. The number of rotatable bonds is 5. The molecule has 0 rings (SSSR count). The maximum Gasteiger partial charge on any atom is 0.234 e. The first-order valence-corrected chi connectivity index (χ1v) is 4.68. The lowest BCUT2D eigenvalue weighted by Crippen LogP contribution is -2.33. The van der Waals surface area contributed by atoms with Crippen molar-refractivity contribution in [3.8, 4) is 0 Å². The second-order valence-corrected chi connectivity index (χ2v) is 3.45. The molecule has 0 aromatic heterocycles. The Balaban J connectivity index is 3.79. The predicted molar refractivity (Wildman–Crippen MR) is 44.3 cm³/mol. The van der Waals surface area contributed by atoms with E-state index in [-0.39, 0.29) is 6.54 Å². The molecule has 2 unspecified atom stereocenters. The van der Waals surface area contributed by atoms with E-state index in [9.17, 15) is 4.21 Å². The van der Waals surface area contributed by atoms with Crippen LogP contribution in [0.2, 0.25) is 0 Å². The molecule has 2 atom stereocenters. The number of aliphatic hydroxyl groups is 1. The maximum atomic E-state index is 10.6. The fourth-order valence-corrected chi connectivity index (χ4v) is 1.46. The van der Waals surface area contributed by atoms with Gasteiger partial charge in [0.15, 0.2) is 0 Å². The summed E-state index contributed by atoms with van der Waals surface area (Å²) in [6.45, 7) is 4.29. The van der Waals surface area contributed by atoms with Crippen LogP contribution < -0.4 is 0 Å². The van der Waals surface area contributed by atoms with Gasteiger partial charge in [-0.2, -0.15) is 4.31 Å². The second-order valence-electron chi connectivity index (χ2n) is 2.47. The van der Waals surface area contributed by atoms with E-state index < -0.39 is 17.4 Å². The van der Waals surface area contributed by atoms with Gasteiger partial charge in [-0.25, -0.2) is 4.21 Å². The molecule has 0 aliphatic carbocycles. The van der Waals surface area contributed by atoms with Crippen LogP contribution in [0.1, 0.15) is 20.3 Å². The zero-order valence-electron chi connectivity index (χ0n) is 6.86. The van der Waals surface area contributed by atoms with Gasteiger partial charge in [0.1, 0.15) is 0 Å². The summed E-state index contributed by atoms with van der Waals surface area (Å²) in [4.78, 5) is 0. The Kier molecular flexibility index (Phi) is 5.67. The van der Waals surface area contributed by atoms with Crippen molar-refractivity contribution in [1.29, 1.82) is 0 Å². The first-order valence-electron chi connectivity index (χ1n) is 3.62. The zero-order chi connectivity index (χ0) is 8.85. The van der Waals surface area contributed by atoms with E-state index in [1.165, 1.54) is 4.31 Å². The Hall–Kier alpha value is 0.0300. The Bertz CT molecular complexity index is 129. The van der Waals surface area contributed by atoms with Crippen LogP contribution in [0.25, 0.3) is 0 Å². The molecule has 5 heteroatoms. The van der Waals surface area contributed by atoms with Gasteiger partial charge in [0, 0.05) is 13.1 Å². The van der Waals surface area contributed by atoms with E-state index >= 15 is 0 Å². The molecule has 0 aliphatic heterocycles. The second kappa shape index (κ2) is 5.65. The van der Waals surface area contributed by atoms with E-state index in [1.54, 1.807) is 6.92 Å². The van der Waals surface area contributed by atoms with Crippen LogP contribution in [0.5, 0.6) is 0 Å². The molecule has 68 valence electrons. The van der Waals surface area contributed by atoms with Gasteiger partial charge in [-0.15, -0.1) is 0 Å². The number of hydrogen-bond donors (Lipinski definition) is 2. The summed E-state index contributed by atoms with van der Waals surface area (Å²) in [6.07, 6.45) is 0.247. The fourth-order valence-electron chi connectivity index (χ4n) is 0.777.